The molecule has 0 unspecified atom stereocenters. The van der Waals surface area contributed by atoms with Gasteiger partial charge in [-0.25, -0.2) is 9.59 Å². The summed E-state index contributed by atoms with van der Waals surface area (Å²) in [5, 5.41) is 0.860. The largest absolute Gasteiger partial charge is 0.457 e. The number of hydrogen-bond donors (Lipinski definition) is 0. The Bertz CT molecular complexity index is 1140. The SMILES string of the molecule is O=C(OCc1cc(=O)oc2cc3c(cc12)CCC3)c1ccc2c(c1)CCCC2. The summed E-state index contributed by atoms with van der Waals surface area (Å²) in [7, 11) is 0. The Hall–Kier alpha value is -2.88. The van der Waals surface area contributed by atoms with Crippen molar-refractivity contribution in [1.82, 2.24) is 0 Å². The van der Waals surface area contributed by atoms with E-state index in [9.17, 15) is 9.59 Å². The first-order valence-corrected chi connectivity index (χ1v) is 10.0. The van der Waals surface area contributed by atoms with Gasteiger partial charge in [-0.3, -0.25) is 0 Å². The van der Waals surface area contributed by atoms with E-state index in [4.69, 9.17) is 9.15 Å². The minimum Gasteiger partial charge on any atom is -0.457 e. The third-order valence-electron chi connectivity index (χ3n) is 5.99. The van der Waals surface area contributed by atoms with E-state index in [1.807, 2.05) is 24.3 Å². The molecule has 5 rings (SSSR count). The second kappa shape index (κ2) is 6.93. The first-order chi connectivity index (χ1) is 13.7. The quantitative estimate of drug-likeness (QED) is 0.500. The first-order valence-electron chi connectivity index (χ1n) is 10.0. The summed E-state index contributed by atoms with van der Waals surface area (Å²) in [4.78, 5) is 24.6. The molecule has 2 aliphatic rings. The fraction of sp³-hybridized carbons (Fsp3) is 0.333. The van der Waals surface area contributed by atoms with Gasteiger partial charge in [0.1, 0.15) is 12.2 Å². The summed E-state index contributed by atoms with van der Waals surface area (Å²) in [5.41, 5.74) is 6.58. The van der Waals surface area contributed by atoms with Gasteiger partial charge in [0.15, 0.2) is 0 Å². The highest BCUT2D eigenvalue weighted by Gasteiger charge is 2.17. The number of esters is 1. The zero-order valence-electron chi connectivity index (χ0n) is 15.8. The molecule has 4 heteroatoms. The van der Waals surface area contributed by atoms with Gasteiger partial charge in [0, 0.05) is 17.0 Å². The summed E-state index contributed by atoms with van der Waals surface area (Å²) in [6, 6.07) is 11.3. The molecular formula is C24H22O4. The lowest BCUT2D eigenvalue weighted by molar-refractivity contribution is 0.0473. The van der Waals surface area contributed by atoms with Gasteiger partial charge in [-0.1, -0.05) is 6.07 Å². The number of hydrogen-bond acceptors (Lipinski definition) is 4. The molecule has 0 bridgehead atoms. The normalized spacial score (nSPS) is 15.3. The van der Waals surface area contributed by atoms with Gasteiger partial charge in [0.2, 0.25) is 0 Å². The van der Waals surface area contributed by atoms with Crippen molar-refractivity contribution in [3.63, 3.8) is 0 Å². The summed E-state index contributed by atoms with van der Waals surface area (Å²) in [6.07, 6.45) is 7.67. The zero-order chi connectivity index (χ0) is 19.1. The third kappa shape index (κ3) is 3.13. The molecule has 0 spiro atoms. The van der Waals surface area contributed by atoms with Crippen molar-refractivity contribution in [2.45, 2.75) is 51.6 Å². The Morgan fingerprint density at radius 1 is 0.857 bits per heavy atom. The standard InChI is InChI=1S/C24H22O4/c25-23-13-20(21-11-17-6-3-7-18(17)12-22(21)28-23)14-27-24(26)19-9-8-15-4-1-2-5-16(15)10-19/h8-13H,1-7,14H2. The molecule has 0 amide bonds. The molecule has 0 atom stereocenters. The topological polar surface area (TPSA) is 56.5 Å². The molecule has 4 nitrogen and oxygen atoms in total. The molecule has 28 heavy (non-hydrogen) atoms. The van der Waals surface area contributed by atoms with Crippen LogP contribution < -0.4 is 5.63 Å². The second-order valence-corrected chi connectivity index (χ2v) is 7.83. The highest BCUT2D eigenvalue weighted by Crippen LogP contribution is 2.29. The van der Waals surface area contributed by atoms with Crippen LogP contribution in [0, 0.1) is 0 Å². The van der Waals surface area contributed by atoms with Gasteiger partial charge in [-0.05, 0) is 91.5 Å². The Morgan fingerprint density at radius 3 is 2.43 bits per heavy atom. The molecular weight excluding hydrogens is 352 g/mol. The molecule has 2 aromatic carbocycles. The number of carbonyl (C=O) groups is 1. The lowest BCUT2D eigenvalue weighted by atomic mass is 9.90. The Kier molecular flexibility index (Phi) is 4.27. The van der Waals surface area contributed by atoms with Crippen molar-refractivity contribution in [1.29, 1.82) is 0 Å². The molecule has 0 radical (unpaired) electrons. The number of benzene rings is 2. The van der Waals surface area contributed by atoms with E-state index < -0.39 is 5.63 Å². The van der Waals surface area contributed by atoms with Crippen LogP contribution in [0.2, 0.25) is 0 Å². The van der Waals surface area contributed by atoms with E-state index in [0.29, 0.717) is 16.7 Å². The van der Waals surface area contributed by atoms with Crippen LogP contribution in [0.15, 0.2) is 45.6 Å². The summed E-state index contributed by atoms with van der Waals surface area (Å²) in [6.45, 7) is 0.0663. The van der Waals surface area contributed by atoms with Crippen molar-refractivity contribution in [2.24, 2.45) is 0 Å². The molecule has 0 saturated carbocycles. The van der Waals surface area contributed by atoms with Gasteiger partial charge in [0.05, 0.1) is 5.56 Å². The van der Waals surface area contributed by atoms with Crippen molar-refractivity contribution in [3.05, 3.63) is 80.2 Å². The highest BCUT2D eigenvalue weighted by atomic mass is 16.5. The van der Waals surface area contributed by atoms with Crippen LogP contribution in [0.5, 0.6) is 0 Å². The zero-order valence-corrected chi connectivity index (χ0v) is 15.8. The molecule has 0 aliphatic heterocycles. The fourth-order valence-corrected chi connectivity index (χ4v) is 4.50. The number of ether oxygens (including phenoxy) is 1. The summed E-state index contributed by atoms with van der Waals surface area (Å²) >= 11 is 0. The Morgan fingerprint density at radius 2 is 1.57 bits per heavy atom. The second-order valence-electron chi connectivity index (χ2n) is 7.83. The summed E-state index contributed by atoms with van der Waals surface area (Å²) in [5.74, 6) is -0.351. The van der Waals surface area contributed by atoms with Crippen LogP contribution in [0.1, 0.15) is 57.4 Å². The molecule has 142 valence electrons. The first kappa shape index (κ1) is 17.2. The van der Waals surface area contributed by atoms with Gasteiger partial charge >= 0.3 is 11.6 Å². The van der Waals surface area contributed by atoms with Crippen LogP contribution in [-0.2, 0) is 37.0 Å². The van der Waals surface area contributed by atoms with Crippen molar-refractivity contribution < 1.29 is 13.9 Å². The maximum atomic E-state index is 12.6. The predicted molar refractivity (Wildman–Crippen MR) is 107 cm³/mol. The van der Waals surface area contributed by atoms with E-state index in [1.165, 1.54) is 41.2 Å². The maximum absolute atomic E-state index is 12.6. The van der Waals surface area contributed by atoms with Gasteiger partial charge < -0.3 is 9.15 Å². The van der Waals surface area contributed by atoms with Gasteiger partial charge in [-0.15, -0.1) is 0 Å². The van der Waals surface area contributed by atoms with E-state index >= 15 is 0 Å². The van der Waals surface area contributed by atoms with E-state index in [0.717, 1.165) is 37.5 Å². The van der Waals surface area contributed by atoms with Crippen molar-refractivity contribution in [2.75, 3.05) is 0 Å². The molecule has 0 N–H and O–H groups in total. The predicted octanol–water partition coefficient (Wildman–Crippen LogP) is 4.52. The van der Waals surface area contributed by atoms with E-state index in [1.54, 1.807) is 0 Å². The van der Waals surface area contributed by atoms with Crippen LogP contribution in [0.4, 0.5) is 0 Å². The molecule has 3 aromatic rings. The minimum absolute atomic E-state index is 0.0663. The van der Waals surface area contributed by atoms with Crippen LogP contribution in [0.25, 0.3) is 11.0 Å². The van der Waals surface area contributed by atoms with Crippen LogP contribution in [-0.4, -0.2) is 5.97 Å². The molecule has 1 aromatic heterocycles. The Balaban J connectivity index is 1.41. The Labute approximate surface area is 163 Å². The molecule has 1 heterocycles. The monoisotopic (exact) mass is 374 g/mol. The number of carbonyl (C=O) groups excluding carboxylic acids is 1. The maximum Gasteiger partial charge on any atom is 0.338 e. The molecule has 0 fully saturated rings. The number of aryl methyl sites for hydroxylation is 4. The van der Waals surface area contributed by atoms with Crippen LogP contribution in [0.3, 0.4) is 0 Å². The highest BCUT2D eigenvalue weighted by molar-refractivity contribution is 5.90. The van der Waals surface area contributed by atoms with Gasteiger partial charge in [0.25, 0.3) is 0 Å². The fourth-order valence-electron chi connectivity index (χ4n) is 4.50. The summed E-state index contributed by atoms with van der Waals surface area (Å²) < 4.78 is 11.0. The minimum atomic E-state index is -0.412. The average molecular weight is 374 g/mol. The van der Waals surface area contributed by atoms with Gasteiger partial charge in [-0.2, -0.15) is 0 Å². The van der Waals surface area contributed by atoms with E-state index in [2.05, 4.69) is 6.07 Å². The molecule has 0 saturated heterocycles. The van der Waals surface area contributed by atoms with E-state index in [-0.39, 0.29) is 12.6 Å². The third-order valence-corrected chi connectivity index (χ3v) is 5.99. The number of fused-ring (bicyclic) bond motifs is 3. The molecule has 2 aliphatic carbocycles. The van der Waals surface area contributed by atoms with Crippen molar-refractivity contribution in [3.8, 4) is 0 Å². The van der Waals surface area contributed by atoms with Crippen LogP contribution >= 0.6 is 0 Å². The lowest BCUT2D eigenvalue weighted by Crippen LogP contribution is -2.10. The smallest absolute Gasteiger partial charge is 0.338 e. The number of rotatable bonds is 3. The van der Waals surface area contributed by atoms with Crippen molar-refractivity contribution >= 4 is 16.9 Å². The average Bonchev–Trinajstić information content (AvgIpc) is 3.17. The lowest BCUT2D eigenvalue weighted by Gasteiger charge is -2.16.